The Morgan fingerprint density at radius 1 is 0.906 bits per heavy atom. The molecule has 0 bridgehead atoms. The predicted molar refractivity (Wildman–Crippen MR) is 116 cm³/mol. The molecule has 3 aromatic rings. The highest BCUT2D eigenvalue weighted by atomic mass is 19.1. The molecule has 7 heteroatoms. The first kappa shape index (κ1) is 21.2. The molecule has 0 aliphatic carbocycles. The number of rotatable bonds is 7. The number of carbonyl (C=O) groups is 1. The third-order valence-corrected chi connectivity index (χ3v) is 4.98. The van der Waals surface area contributed by atoms with E-state index in [-0.39, 0.29) is 24.0 Å². The fourth-order valence-corrected chi connectivity index (χ4v) is 3.38. The molecule has 0 saturated heterocycles. The van der Waals surface area contributed by atoms with Gasteiger partial charge in [0.15, 0.2) is 17.3 Å². The Balaban J connectivity index is 1.57. The third kappa shape index (κ3) is 4.09. The Hall–Kier alpha value is -4.00. The number of ether oxygens (including phenoxy) is 5. The number of methoxy groups -OCH3 is 3. The first-order valence-electron chi connectivity index (χ1n) is 9.78. The number of halogens is 1. The number of benzene rings is 3. The maximum Gasteiger partial charge on any atom is 0.231 e. The second-order valence-corrected chi connectivity index (χ2v) is 6.94. The molecule has 4 rings (SSSR count). The molecule has 32 heavy (non-hydrogen) atoms. The summed E-state index contributed by atoms with van der Waals surface area (Å²) in [6.45, 7) is 0.262. The number of carbonyl (C=O) groups excluding carboxylic acids is 1. The fraction of sp³-hybridized carbons (Fsp3) is 0.160. The highest BCUT2D eigenvalue weighted by molar-refractivity contribution is 6.14. The van der Waals surface area contributed by atoms with E-state index < -0.39 is 0 Å². The summed E-state index contributed by atoms with van der Waals surface area (Å²) in [7, 11) is 4.55. The van der Waals surface area contributed by atoms with Crippen molar-refractivity contribution in [3.63, 3.8) is 0 Å². The minimum atomic E-state index is -0.302. The highest BCUT2D eigenvalue weighted by Gasteiger charge is 2.28. The zero-order valence-electron chi connectivity index (χ0n) is 17.8. The van der Waals surface area contributed by atoms with Crippen LogP contribution in [0.5, 0.6) is 28.7 Å². The molecule has 0 radical (unpaired) electrons. The zero-order chi connectivity index (χ0) is 22.7. The highest BCUT2D eigenvalue weighted by Crippen LogP contribution is 2.42. The molecule has 3 aromatic carbocycles. The number of ketones is 1. The van der Waals surface area contributed by atoms with Crippen molar-refractivity contribution in [2.75, 3.05) is 21.3 Å². The largest absolute Gasteiger partial charge is 0.493 e. The van der Waals surface area contributed by atoms with Crippen LogP contribution in [-0.4, -0.2) is 27.1 Å². The van der Waals surface area contributed by atoms with Gasteiger partial charge < -0.3 is 23.7 Å². The van der Waals surface area contributed by atoms with Crippen molar-refractivity contribution in [2.45, 2.75) is 6.61 Å². The van der Waals surface area contributed by atoms with Crippen LogP contribution >= 0.6 is 0 Å². The molecule has 0 N–H and O–H groups in total. The number of Topliss-reactive ketones (excluding diaryl/α,β-unsaturated/α-hetero) is 1. The van der Waals surface area contributed by atoms with Gasteiger partial charge in [0.25, 0.3) is 0 Å². The lowest BCUT2D eigenvalue weighted by Crippen LogP contribution is -2.00. The van der Waals surface area contributed by atoms with Crippen molar-refractivity contribution in [1.29, 1.82) is 0 Å². The summed E-state index contributed by atoms with van der Waals surface area (Å²) in [5.74, 6) is 1.89. The van der Waals surface area contributed by atoms with Crippen molar-refractivity contribution >= 4 is 11.9 Å². The van der Waals surface area contributed by atoms with E-state index in [1.165, 1.54) is 33.5 Å². The molecule has 1 aliphatic rings. The number of hydrogen-bond donors (Lipinski definition) is 0. The van der Waals surface area contributed by atoms with Gasteiger partial charge in [0, 0.05) is 11.6 Å². The maximum atomic E-state index is 13.0. The van der Waals surface area contributed by atoms with Crippen LogP contribution in [0.4, 0.5) is 4.39 Å². The minimum Gasteiger partial charge on any atom is -0.493 e. The van der Waals surface area contributed by atoms with Crippen LogP contribution in [0.2, 0.25) is 0 Å². The van der Waals surface area contributed by atoms with Gasteiger partial charge in [0.2, 0.25) is 11.5 Å². The van der Waals surface area contributed by atoms with Crippen molar-refractivity contribution < 1.29 is 32.9 Å². The van der Waals surface area contributed by atoms with E-state index in [2.05, 4.69) is 0 Å². The monoisotopic (exact) mass is 436 g/mol. The molecule has 0 spiro atoms. The smallest absolute Gasteiger partial charge is 0.231 e. The number of allylic oxidation sites excluding steroid dienone is 1. The summed E-state index contributed by atoms with van der Waals surface area (Å²) in [5, 5.41) is 0. The van der Waals surface area contributed by atoms with Crippen molar-refractivity contribution in [3.05, 3.63) is 82.9 Å². The Kier molecular flexibility index (Phi) is 5.98. The second-order valence-electron chi connectivity index (χ2n) is 6.94. The van der Waals surface area contributed by atoms with Gasteiger partial charge in [-0.3, -0.25) is 4.79 Å². The lowest BCUT2D eigenvalue weighted by Gasteiger charge is -2.14. The average molecular weight is 436 g/mol. The fourth-order valence-electron chi connectivity index (χ4n) is 3.38. The Morgan fingerprint density at radius 3 is 2.34 bits per heavy atom. The third-order valence-electron chi connectivity index (χ3n) is 4.98. The van der Waals surface area contributed by atoms with E-state index in [9.17, 15) is 9.18 Å². The standard InChI is InChI=1S/C25H21FO6/c1-28-20-11-6-16(24(29-2)25(20)30-3)12-22-23(27)19-10-9-18(13-21(19)32-22)31-14-15-4-7-17(26)8-5-15/h4-13H,14H2,1-3H3. The minimum absolute atomic E-state index is 0.154. The molecular formula is C25H21FO6. The van der Waals surface area contributed by atoms with E-state index in [0.717, 1.165) is 5.56 Å². The quantitative estimate of drug-likeness (QED) is 0.483. The maximum absolute atomic E-state index is 13.0. The Labute approximate surface area is 184 Å². The van der Waals surface area contributed by atoms with Crippen LogP contribution in [0.3, 0.4) is 0 Å². The van der Waals surface area contributed by atoms with Crippen LogP contribution in [0.15, 0.2) is 60.4 Å². The molecule has 0 aromatic heterocycles. The van der Waals surface area contributed by atoms with Gasteiger partial charge in [0.1, 0.15) is 23.9 Å². The lowest BCUT2D eigenvalue weighted by molar-refractivity contribution is 0.101. The topological polar surface area (TPSA) is 63.2 Å². The van der Waals surface area contributed by atoms with Crippen LogP contribution in [0, 0.1) is 5.82 Å². The summed E-state index contributed by atoms with van der Waals surface area (Å²) in [4.78, 5) is 12.8. The van der Waals surface area contributed by atoms with E-state index in [0.29, 0.717) is 39.9 Å². The zero-order valence-corrected chi connectivity index (χ0v) is 17.8. The first-order valence-corrected chi connectivity index (χ1v) is 9.78. The summed E-state index contributed by atoms with van der Waals surface area (Å²) < 4.78 is 40.8. The molecule has 1 aliphatic heterocycles. The lowest BCUT2D eigenvalue weighted by atomic mass is 10.1. The molecule has 0 atom stereocenters. The molecule has 164 valence electrons. The van der Waals surface area contributed by atoms with Gasteiger partial charge in [-0.2, -0.15) is 0 Å². The normalized spacial score (nSPS) is 13.5. The SMILES string of the molecule is COc1ccc(C=C2Oc3cc(OCc4ccc(F)cc4)ccc3C2=O)c(OC)c1OC. The molecule has 0 amide bonds. The van der Waals surface area contributed by atoms with Crippen LogP contribution in [-0.2, 0) is 6.61 Å². The molecular weight excluding hydrogens is 415 g/mol. The summed E-state index contributed by atoms with van der Waals surface area (Å²) in [5.41, 5.74) is 1.86. The van der Waals surface area contributed by atoms with Crippen molar-refractivity contribution in [1.82, 2.24) is 0 Å². The molecule has 1 heterocycles. The van der Waals surface area contributed by atoms with Crippen LogP contribution < -0.4 is 23.7 Å². The van der Waals surface area contributed by atoms with Crippen LogP contribution in [0.25, 0.3) is 6.08 Å². The first-order chi connectivity index (χ1) is 15.5. The summed E-state index contributed by atoms with van der Waals surface area (Å²) in [6, 6.07) is 14.6. The predicted octanol–water partition coefficient (Wildman–Crippen LogP) is 5.05. The van der Waals surface area contributed by atoms with E-state index in [4.69, 9.17) is 23.7 Å². The van der Waals surface area contributed by atoms with Crippen molar-refractivity contribution in [2.24, 2.45) is 0 Å². The van der Waals surface area contributed by atoms with E-state index >= 15 is 0 Å². The van der Waals surface area contributed by atoms with Gasteiger partial charge in [-0.05, 0) is 48.0 Å². The van der Waals surface area contributed by atoms with Gasteiger partial charge in [0.05, 0.1) is 26.9 Å². The molecule has 0 unspecified atom stereocenters. The Morgan fingerprint density at radius 2 is 1.66 bits per heavy atom. The Bertz CT molecular complexity index is 1180. The summed E-state index contributed by atoms with van der Waals surface area (Å²) >= 11 is 0. The van der Waals surface area contributed by atoms with Gasteiger partial charge >= 0.3 is 0 Å². The second kappa shape index (κ2) is 9.01. The average Bonchev–Trinajstić information content (AvgIpc) is 3.12. The molecule has 0 saturated carbocycles. The summed E-state index contributed by atoms with van der Waals surface area (Å²) in [6.07, 6.45) is 1.60. The van der Waals surface area contributed by atoms with Crippen molar-refractivity contribution in [3.8, 4) is 28.7 Å². The van der Waals surface area contributed by atoms with Gasteiger partial charge in [-0.25, -0.2) is 4.39 Å². The number of hydrogen-bond acceptors (Lipinski definition) is 6. The number of fused-ring (bicyclic) bond motifs is 1. The van der Waals surface area contributed by atoms with Crippen LogP contribution in [0.1, 0.15) is 21.5 Å². The van der Waals surface area contributed by atoms with Gasteiger partial charge in [-0.1, -0.05) is 12.1 Å². The van der Waals surface area contributed by atoms with Gasteiger partial charge in [-0.15, -0.1) is 0 Å². The van der Waals surface area contributed by atoms with E-state index in [1.54, 1.807) is 48.5 Å². The molecule has 0 fully saturated rings. The molecule has 6 nitrogen and oxygen atoms in total. The van der Waals surface area contributed by atoms with E-state index in [1.807, 2.05) is 0 Å².